The Morgan fingerprint density at radius 2 is 2.05 bits per heavy atom. The lowest BCUT2D eigenvalue weighted by Gasteiger charge is -2.06. The van der Waals surface area contributed by atoms with Crippen LogP contribution in [0.25, 0.3) is 16.7 Å². The summed E-state index contributed by atoms with van der Waals surface area (Å²) < 4.78 is 2.59. The van der Waals surface area contributed by atoms with Gasteiger partial charge in [0.15, 0.2) is 0 Å². The summed E-state index contributed by atoms with van der Waals surface area (Å²) in [5, 5.41) is 17.1. The molecule has 1 aromatic heterocycles. The van der Waals surface area contributed by atoms with Crippen molar-refractivity contribution in [3.8, 4) is 5.69 Å². The summed E-state index contributed by atoms with van der Waals surface area (Å²) in [6.45, 7) is 2.01. The van der Waals surface area contributed by atoms with Crippen molar-refractivity contribution in [1.82, 2.24) is 15.0 Å². The highest BCUT2D eigenvalue weighted by molar-refractivity contribution is 9.10. The highest BCUT2D eigenvalue weighted by Crippen LogP contribution is 2.25. The number of aromatic nitrogens is 3. The van der Waals surface area contributed by atoms with Crippen LogP contribution >= 0.6 is 15.9 Å². The molecule has 0 aliphatic rings. The summed E-state index contributed by atoms with van der Waals surface area (Å²) in [5.74, 6) is -0.974. The van der Waals surface area contributed by atoms with Crippen LogP contribution in [0.1, 0.15) is 15.9 Å². The van der Waals surface area contributed by atoms with Crippen LogP contribution in [0.2, 0.25) is 0 Å². The molecule has 0 radical (unpaired) electrons. The van der Waals surface area contributed by atoms with Crippen molar-refractivity contribution in [3.05, 3.63) is 52.0 Å². The van der Waals surface area contributed by atoms with Gasteiger partial charge in [0, 0.05) is 4.47 Å². The minimum atomic E-state index is -0.974. The van der Waals surface area contributed by atoms with E-state index in [4.69, 9.17) is 5.11 Å². The van der Waals surface area contributed by atoms with E-state index in [2.05, 4.69) is 26.2 Å². The molecule has 0 amide bonds. The minimum Gasteiger partial charge on any atom is -0.478 e. The third-order valence-electron chi connectivity index (χ3n) is 3.02. The van der Waals surface area contributed by atoms with Gasteiger partial charge in [-0.15, -0.1) is 5.10 Å². The molecule has 20 heavy (non-hydrogen) atoms. The van der Waals surface area contributed by atoms with E-state index in [1.54, 1.807) is 16.8 Å². The Morgan fingerprint density at radius 1 is 1.25 bits per heavy atom. The van der Waals surface area contributed by atoms with Gasteiger partial charge in [-0.3, -0.25) is 0 Å². The standard InChI is InChI=1S/C14H10BrN3O2/c1-8-2-4-12(10(15)6-8)18-13-5-3-9(14(19)20)7-11(13)16-17-18/h2-7H,1H3,(H,19,20). The van der Waals surface area contributed by atoms with Crippen LogP contribution in [0.3, 0.4) is 0 Å². The Labute approximate surface area is 123 Å². The Bertz CT molecular complexity index is 826. The summed E-state index contributed by atoms with van der Waals surface area (Å²) >= 11 is 3.51. The van der Waals surface area contributed by atoms with Crippen molar-refractivity contribution in [2.75, 3.05) is 0 Å². The molecule has 0 bridgehead atoms. The number of rotatable bonds is 2. The number of hydrogen-bond acceptors (Lipinski definition) is 3. The number of carboxylic acid groups (broad SMARTS) is 1. The molecular weight excluding hydrogens is 322 g/mol. The van der Waals surface area contributed by atoms with Gasteiger partial charge in [-0.05, 0) is 58.7 Å². The van der Waals surface area contributed by atoms with Gasteiger partial charge in [-0.2, -0.15) is 0 Å². The second kappa shape index (κ2) is 4.72. The van der Waals surface area contributed by atoms with Crippen molar-refractivity contribution in [3.63, 3.8) is 0 Å². The molecule has 100 valence electrons. The van der Waals surface area contributed by atoms with Gasteiger partial charge >= 0.3 is 5.97 Å². The number of fused-ring (bicyclic) bond motifs is 1. The zero-order chi connectivity index (χ0) is 14.3. The molecule has 0 saturated carbocycles. The second-order valence-electron chi connectivity index (χ2n) is 4.46. The lowest BCUT2D eigenvalue weighted by molar-refractivity contribution is 0.0697. The molecule has 5 nitrogen and oxygen atoms in total. The average molecular weight is 332 g/mol. The number of hydrogen-bond donors (Lipinski definition) is 1. The SMILES string of the molecule is Cc1ccc(-n2nnc3cc(C(=O)O)ccc32)c(Br)c1. The predicted octanol–water partition coefficient (Wildman–Crippen LogP) is 3.19. The maximum Gasteiger partial charge on any atom is 0.335 e. The molecule has 0 unspecified atom stereocenters. The maximum atomic E-state index is 11.0. The average Bonchev–Trinajstić information content (AvgIpc) is 2.81. The molecule has 0 aliphatic heterocycles. The number of nitrogens with zero attached hydrogens (tertiary/aromatic N) is 3. The molecular formula is C14H10BrN3O2. The normalized spacial score (nSPS) is 10.9. The number of benzene rings is 2. The first kappa shape index (κ1) is 12.8. The van der Waals surface area contributed by atoms with Gasteiger partial charge in [-0.25, -0.2) is 9.48 Å². The molecule has 0 spiro atoms. The van der Waals surface area contributed by atoms with Crippen LogP contribution < -0.4 is 0 Å². The highest BCUT2D eigenvalue weighted by Gasteiger charge is 2.12. The third kappa shape index (κ3) is 2.08. The predicted molar refractivity (Wildman–Crippen MR) is 78.3 cm³/mol. The van der Waals surface area contributed by atoms with Crippen LogP contribution in [0, 0.1) is 6.92 Å². The van der Waals surface area contributed by atoms with E-state index < -0.39 is 5.97 Å². The number of aromatic carboxylic acids is 1. The molecule has 2 aromatic carbocycles. The van der Waals surface area contributed by atoms with Crippen molar-refractivity contribution in [2.45, 2.75) is 6.92 Å². The fraction of sp³-hybridized carbons (Fsp3) is 0.0714. The van der Waals surface area contributed by atoms with Crippen LogP contribution in [0.15, 0.2) is 40.9 Å². The van der Waals surface area contributed by atoms with E-state index in [0.29, 0.717) is 5.52 Å². The van der Waals surface area contributed by atoms with Gasteiger partial charge in [-0.1, -0.05) is 11.3 Å². The molecule has 0 fully saturated rings. The van der Waals surface area contributed by atoms with E-state index in [1.807, 2.05) is 25.1 Å². The molecule has 1 heterocycles. The lowest BCUT2D eigenvalue weighted by atomic mass is 10.2. The van der Waals surface area contributed by atoms with Crippen molar-refractivity contribution in [2.24, 2.45) is 0 Å². The number of carbonyl (C=O) groups is 1. The Balaban J connectivity index is 2.20. The second-order valence-corrected chi connectivity index (χ2v) is 5.32. The highest BCUT2D eigenvalue weighted by atomic mass is 79.9. The lowest BCUT2D eigenvalue weighted by Crippen LogP contribution is -1.99. The van der Waals surface area contributed by atoms with Crippen LogP contribution in [-0.4, -0.2) is 26.1 Å². The summed E-state index contributed by atoms with van der Waals surface area (Å²) in [5.41, 5.74) is 3.52. The first-order chi connectivity index (χ1) is 9.56. The third-order valence-corrected chi connectivity index (χ3v) is 3.66. The van der Waals surface area contributed by atoms with E-state index in [9.17, 15) is 4.79 Å². The van der Waals surface area contributed by atoms with E-state index in [-0.39, 0.29) is 5.56 Å². The van der Waals surface area contributed by atoms with Crippen LogP contribution in [0.4, 0.5) is 0 Å². The monoisotopic (exact) mass is 331 g/mol. The number of halogens is 1. The van der Waals surface area contributed by atoms with Crippen molar-refractivity contribution < 1.29 is 9.90 Å². The molecule has 3 aromatic rings. The van der Waals surface area contributed by atoms with Crippen LogP contribution in [-0.2, 0) is 0 Å². The summed E-state index contributed by atoms with van der Waals surface area (Å²) in [4.78, 5) is 11.0. The van der Waals surface area contributed by atoms with Crippen molar-refractivity contribution in [1.29, 1.82) is 0 Å². The van der Waals surface area contributed by atoms with Gasteiger partial charge in [0.05, 0.1) is 16.8 Å². The first-order valence-corrected chi connectivity index (χ1v) is 6.71. The molecule has 6 heteroatoms. The van der Waals surface area contributed by atoms with E-state index >= 15 is 0 Å². The molecule has 0 aliphatic carbocycles. The Hall–Kier alpha value is -2.21. The Morgan fingerprint density at radius 3 is 2.75 bits per heavy atom. The zero-order valence-corrected chi connectivity index (χ0v) is 12.1. The zero-order valence-electron chi connectivity index (χ0n) is 10.5. The quantitative estimate of drug-likeness (QED) is 0.783. The van der Waals surface area contributed by atoms with E-state index in [0.717, 1.165) is 21.2 Å². The van der Waals surface area contributed by atoms with Gasteiger partial charge in [0.25, 0.3) is 0 Å². The Kier molecular flexibility index (Phi) is 3.02. The van der Waals surface area contributed by atoms with Gasteiger partial charge < -0.3 is 5.11 Å². The molecule has 0 saturated heterocycles. The number of aryl methyl sites for hydroxylation is 1. The first-order valence-electron chi connectivity index (χ1n) is 5.91. The topological polar surface area (TPSA) is 68.0 Å². The molecule has 0 atom stereocenters. The summed E-state index contributed by atoms with van der Waals surface area (Å²) in [7, 11) is 0. The van der Waals surface area contributed by atoms with Crippen molar-refractivity contribution >= 4 is 32.9 Å². The minimum absolute atomic E-state index is 0.201. The molecule has 1 N–H and O–H groups in total. The fourth-order valence-electron chi connectivity index (χ4n) is 2.02. The summed E-state index contributed by atoms with van der Waals surface area (Å²) in [6.07, 6.45) is 0. The van der Waals surface area contributed by atoms with Gasteiger partial charge in [0.1, 0.15) is 5.52 Å². The molecule has 3 rings (SSSR count). The largest absolute Gasteiger partial charge is 0.478 e. The smallest absolute Gasteiger partial charge is 0.335 e. The van der Waals surface area contributed by atoms with Crippen LogP contribution in [0.5, 0.6) is 0 Å². The van der Waals surface area contributed by atoms with Gasteiger partial charge in [0.2, 0.25) is 0 Å². The number of carboxylic acids is 1. The maximum absolute atomic E-state index is 11.0. The summed E-state index contributed by atoms with van der Waals surface area (Å²) in [6, 6.07) is 10.7. The fourth-order valence-corrected chi connectivity index (χ4v) is 2.68. The van der Waals surface area contributed by atoms with E-state index in [1.165, 1.54) is 6.07 Å².